The summed E-state index contributed by atoms with van der Waals surface area (Å²) in [4.78, 5) is 14.2. The molecule has 3 aliphatic rings. The number of nitrogens with one attached hydrogen (secondary N) is 2. The maximum atomic E-state index is 13.1. The second kappa shape index (κ2) is 9.87. The monoisotopic (exact) mass is 415 g/mol. The first-order valence-corrected chi connectivity index (χ1v) is 12.6. The first-order valence-electron chi connectivity index (χ1n) is 11.2. The fourth-order valence-electron chi connectivity index (χ4n) is 5.14. The third-order valence-electron chi connectivity index (χ3n) is 6.56. The van der Waals surface area contributed by atoms with E-state index in [-0.39, 0.29) is 11.8 Å². The largest absolute Gasteiger partial charge is 0.356 e. The van der Waals surface area contributed by atoms with E-state index >= 15 is 0 Å². The maximum absolute atomic E-state index is 13.1. The topological polar surface area (TPSA) is 74.2 Å². The molecule has 162 valence electrons. The van der Waals surface area contributed by atoms with Gasteiger partial charge in [0.25, 0.3) is 10.2 Å². The summed E-state index contributed by atoms with van der Waals surface area (Å²) in [6.45, 7) is 10.6. The number of nitrogens with zero attached hydrogens (tertiary/aromatic N) is 2. The van der Waals surface area contributed by atoms with Crippen molar-refractivity contribution in [2.24, 2.45) is 17.8 Å². The normalized spacial score (nSPS) is 31.1. The van der Waals surface area contributed by atoms with Gasteiger partial charge >= 0.3 is 0 Å². The number of rotatable bonds is 7. The molecule has 0 aliphatic carbocycles. The van der Waals surface area contributed by atoms with Crippen LogP contribution in [0, 0.1) is 17.8 Å². The molecule has 0 aromatic heterocycles. The third kappa shape index (κ3) is 5.68. The molecule has 28 heavy (non-hydrogen) atoms. The average molecular weight is 416 g/mol. The number of amides is 1. The molecule has 0 bridgehead atoms. The highest BCUT2D eigenvalue weighted by atomic mass is 32.2. The Morgan fingerprint density at radius 1 is 1.04 bits per heavy atom. The Morgan fingerprint density at radius 3 is 2.39 bits per heavy atom. The van der Waals surface area contributed by atoms with Crippen LogP contribution in [-0.4, -0.2) is 75.3 Å². The van der Waals surface area contributed by atoms with Gasteiger partial charge in [0, 0.05) is 52.0 Å². The van der Waals surface area contributed by atoms with Gasteiger partial charge in [-0.1, -0.05) is 13.8 Å². The van der Waals surface area contributed by atoms with Gasteiger partial charge in [0.05, 0.1) is 25.6 Å². The zero-order chi connectivity index (χ0) is 20.1. The molecule has 0 saturated carbocycles. The number of likely N-dealkylation sites (tertiary alicyclic amines) is 1. The number of piperidine rings is 2. The summed E-state index contributed by atoms with van der Waals surface area (Å²) in [7, 11) is -3.47. The lowest BCUT2D eigenvalue weighted by atomic mass is 9.94. The highest BCUT2D eigenvalue weighted by molar-refractivity contribution is 7.86. The fraction of sp³-hybridized carbons (Fsp3) is 0.950. The van der Waals surface area contributed by atoms with Crippen molar-refractivity contribution in [3.63, 3.8) is 0 Å². The van der Waals surface area contributed by atoms with Crippen LogP contribution in [0.5, 0.6) is 0 Å². The Bertz CT molecular complexity index is 611. The molecular weight excluding hydrogens is 376 g/mol. The van der Waals surface area contributed by atoms with Gasteiger partial charge in [-0.2, -0.15) is 17.0 Å². The van der Waals surface area contributed by atoms with Gasteiger partial charge < -0.3 is 10.2 Å². The molecule has 0 spiro atoms. The summed E-state index contributed by atoms with van der Waals surface area (Å²) in [5.74, 6) is 0.583. The summed E-state index contributed by atoms with van der Waals surface area (Å²) in [6.07, 6.45) is 6.26. The van der Waals surface area contributed by atoms with Crippen molar-refractivity contribution >= 4 is 16.1 Å². The van der Waals surface area contributed by atoms with Gasteiger partial charge in [0.15, 0.2) is 0 Å². The molecule has 3 atom stereocenters. The van der Waals surface area contributed by atoms with Crippen molar-refractivity contribution in [3.05, 3.63) is 0 Å². The Balaban J connectivity index is 1.47. The number of quaternary nitrogens is 1. The lowest BCUT2D eigenvalue weighted by Gasteiger charge is -2.39. The molecule has 0 aromatic carbocycles. The smallest absolute Gasteiger partial charge is 0.282 e. The molecule has 0 radical (unpaired) electrons. The second-order valence-electron chi connectivity index (χ2n) is 9.32. The minimum Gasteiger partial charge on any atom is -0.356 e. The zero-order valence-corrected chi connectivity index (χ0v) is 18.5. The highest BCUT2D eigenvalue weighted by Crippen LogP contribution is 2.27. The van der Waals surface area contributed by atoms with Crippen molar-refractivity contribution in [2.45, 2.75) is 52.4 Å². The average Bonchev–Trinajstić information content (AvgIpc) is 3.18. The van der Waals surface area contributed by atoms with E-state index in [1.165, 1.54) is 25.9 Å². The Morgan fingerprint density at radius 2 is 1.71 bits per heavy atom. The predicted molar refractivity (Wildman–Crippen MR) is 110 cm³/mol. The minimum absolute atomic E-state index is 0.0247. The lowest BCUT2D eigenvalue weighted by molar-refractivity contribution is -0.887. The third-order valence-corrected chi connectivity index (χ3v) is 8.49. The van der Waals surface area contributed by atoms with Gasteiger partial charge in [-0.15, -0.1) is 0 Å². The number of carbonyl (C=O) groups is 1. The summed E-state index contributed by atoms with van der Waals surface area (Å²) in [5.41, 5.74) is 0. The molecule has 3 rings (SSSR count). The molecule has 7 nitrogen and oxygen atoms in total. The van der Waals surface area contributed by atoms with Crippen molar-refractivity contribution < 1.29 is 18.1 Å². The van der Waals surface area contributed by atoms with E-state index < -0.39 is 10.2 Å². The van der Waals surface area contributed by atoms with Crippen LogP contribution in [0.25, 0.3) is 0 Å². The summed E-state index contributed by atoms with van der Waals surface area (Å²) < 4.78 is 29.4. The van der Waals surface area contributed by atoms with Gasteiger partial charge in [0.1, 0.15) is 0 Å². The second-order valence-corrected chi connectivity index (χ2v) is 11.2. The van der Waals surface area contributed by atoms with Crippen LogP contribution >= 0.6 is 0 Å². The molecular formula is C20H39N4O3S+. The molecule has 0 unspecified atom stereocenters. The Hall–Kier alpha value is -0.700. The molecule has 3 fully saturated rings. The summed E-state index contributed by atoms with van der Waals surface area (Å²) >= 11 is 0. The van der Waals surface area contributed by atoms with E-state index in [9.17, 15) is 13.2 Å². The molecule has 3 saturated heterocycles. The van der Waals surface area contributed by atoms with E-state index in [1.807, 2.05) is 0 Å². The van der Waals surface area contributed by atoms with E-state index in [1.54, 1.807) is 13.5 Å². The van der Waals surface area contributed by atoms with Crippen LogP contribution in [0.2, 0.25) is 0 Å². The van der Waals surface area contributed by atoms with Gasteiger partial charge in [-0.25, -0.2) is 0 Å². The van der Waals surface area contributed by atoms with E-state index in [0.29, 0.717) is 44.6 Å². The standard InChI is InChI=1S/C20H38N4O3S/c1-17-13-18(2)15-24(14-17)28(26,27)23-12-5-7-19(16-23)20(25)21-8-6-11-22-9-3-4-10-22/h17-19H,3-16H2,1-2H3,(H,21,25)/p+1/t17-,18+,19-/m0/s1. The zero-order valence-electron chi connectivity index (χ0n) is 17.7. The fourth-order valence-corrected chi connectivity index (χ4v) is 7.08. The van der Waals surface area contributed by atoms with Crippen LogP contribution < -0.4 is 10.2 Å². The van der Waals surface area contributed by atoms with E-state index in [2.05, 4.69) is 19.2 Å². The first-order chi connectivity index (χ1) is 13.4. The molecule has 2 N–H and O–H groups in total. The van der Waals surface area contributed by atoms with Crippen molar-refractivity contribution in [1.82, 2.24) is 13.9 Å². The summed E-state index contributed by atoms with van der Waals surface area (Å²) in [5, 5.41) is 3.05. The highest BCUT2D eigenvalue weighted by Gasteiger charge is 2.38. The Labute approximate surface area is 171 Å². The number of carbonyl (C=O) groups excluding carboxylic acids is 1. The van der Waals surface area contributed by atoms with Crippen LogP contribution in [0.3, 0.4) is 0 Å². The summed E-state index contributed by atoms with van der Waals surface area (Å²) in [6, 6.07) is 0. The molecule has 0 aromatic rings. The first kappa shape index (κ1) is 22.0. The molecule has 3 heterocycles. The van der Waals surface area contributed by atoms with Crippen LogP contribution in [0.1, 0.15) is 52.4 Å². The molecule has 1 amide bonds. The van der Waals surface area contributed by atoms with Gasteiger partial charge in [-0.05, 0) is 31.1 Å². The van der Waals surface area contributed by atoms with Crippen molar-refractivity contribution in [3.8, 4) is 0 Å². The maximum Gasteiger partial charge on any atom is 0.282 e. The Kier molecular flexibility index (Phi) is 7.75. The van der Waals surface area contributed by atoms with E-state index in [4.69, 9.17) is 0 Å². The van der Waals surface area contributed by atoms with Crippen LogP contribution in [-0.2, 0) is 15.0 Å². The van der Waals surface area contributed by atoms with Crippen LogP contribution in [0.4, 0.5) is 0 Å². The van der Waals surface area contributed by atoms with Crippen LogP contribution in [0.15, 0.2) is 0 Å². The van der Waals surface area contributed by atoms with Gasteiger partial charge in [-0.3, -0.25) is 4.79 Å². The van der Waals surface area contributed by atoms with Crippen molar-refractivity contribution in [1.29, 1.82) is 0 Å². The number of hydrogen-bond donors (Lipinski definition) is 2. The van der Waals surface area contributed by atoms with Gasteiger partial charge in [0.2, 0.25) is 5.91 Å². The SMILES string of the molecule is C[C@@H]1C[C@H](C)CN(S(=O)(=O)N2CCC[C@H](C(=O)NCCC[NH+]3CCCC3)C2)C1. The number of hydrogen-bond acceptors (Lipinski definition) is 3. The quantitative estimate of drug-likeness (QED) is 0.580. The molecule has 3 aliphatic heterocycles. The van der Waals surface area contributed by atoms with E-state index in [0.717, 1.165) is 32.2 Å². The lowest BCUT2D eigenvalue weighted by Crippen LogP contribution is -3.10. The molecule has 8 heteroatoms. The predicted octanol–water partition coefficient (Wildman–Crippen LogP) is 0.106. The van der Waals surface area contributed by atoms with Crippen molar-refractivity contribution in [2.75, 3.05) is 52.4 Å². The minimum atomic E-state index is -3.47.